The number of H-pyrrole nitrogens is 1. The molecule has 2 N–H and O–H groups in total. The predicted molar refractivity (Wildman–Crippen MR) is 104 cm³/mol. The van der Waals surface area contributed by atoms with Crippen molar-refractivity contribution in [3.63, 3.8) is 0 Å². The van der Waals surface area contributed by atoms with Crippen LogP contribution in [0, 0.1) is 6.92 Å². The molecule has 1 aromatic carbocycles. The smallest absolute Gasteiger partial charge is 0.262 e. The molecule has 0 bridgehead atoms. The highest BCUT2D eigenvalue weighted by atomic mass is 32.1. The lowest BCUT2D eigenvalue weighted by molar-refractivity contribution is -0.116. The summed E-state index contributed by atoms with van der Waals surface area (Å²) < 4.78 is 1.46. The number of rotatable bonds is 5. The summed E-state index contributed by atoms with van der Waals surface area (Å²) in [6.07, 6.45) is 1.65. The molecule has 9 heteroatoms. The molecule has 0 fully saturated rings. The van der Waals surface area contributed by atoms with Gasteiger partial charge in [0.15, 0.2) is 5.82 Å². The van der Waals surface area contributed by atoms with E-state index in [9.17, 15) is 9.59 Å². The van der Waals surface area contributed by atoms with Crippen molar-refractivity contribution in [2.24, 2.45) is 0 Å². The SMILES string of the molecule is Cc1nc(-c2cccc(NC(=O)CCn3cnc4sccc4c3=O)c2)n[nH]1. The summed E-state index contributed by atoms with van der Waals surface area (Å²) in [6, 6.07) is 9.06. The average Bonchev–Trinajstić information content (AvgIpc) is 3.31. The largest absolute Gasteiger partial charge is 0.326 e. The van der Waals surface area contributed by atoms with Crippen molar-refractivity contribution in [1.82, 2.24) is 24.7 Å². The van der Waals surface area contributed by atoms with Crippen LogP contribution in [-0.2, 0) is 11.3 Å². The highest BCUT2D eigenvalue weighted by molar-refractivity contribution is 7.16. The Hall–Kier alpha value is -3.33. The van der Waals surface area contributed by atoms with Crippen molar-refractivity contribution < 1.29 is 4.79 Å². The van der Waals surface area contributed by atoms with Crippen LogP contribution >= 0.6 is 11.3 Å². The number of benzene rings is 1. The lowest BCUT2D eigenvalue weighted by atomic mass is 10.2. The number of thiophene rings is 1. The number of anilines is 1. The van der Waals surface area contributed by atoms with Crippen molar-refractivity contribution in [1.29, 1.82) is 0 Å². The summed E-state index contributed by atoms with van der Waals surface area (Å²) in [5, 5.41) is 12.2. The van der Waals surface area contributed by atoms with Gasteiger partial charge >= 0.3 is 0 Å². The molecule has 1 amide bonds. The molecule has 8 nitrogen and oxygen atoms in total. The number of carbonyl (C=O) groups is 1. The standard InChI is InChI=1S/C18H16N6O2S/c1-11-20-16(23-22-11)12-3-2-4-13(9-12)21-15(25)5-7-24-10-19-17-14(18(24)26)6-8-27-17/h2-4,6,8-10H,5,7H2,1H3,(H,21,25)(H,20,22,23). The van der Waals surface area contributed by atoms with Gasteiger partial charge in [0.25, 0.3) is 5.56 Å². The van der Waals surface area contributed by atoms with Crippen molar-refractivity contribution in [2.75, 3.05) is 5.32 Å². The van der Waals surface area contributed by atoms with Crippen molar-refractivity contribution >= 4 is 33.1 Å². The van der Waals surface area contributed by atoms with Gasteiger partial charge in [0, 0.05) is 24.2 Å². The van der Waals surface area contributed by atoms with E-state index in [4.69, 9.17) is 0 Å². The number of hydrogen-bond acceptors (Lipinski definition) is 6. The number of fused-ring (bicyclic) bond motifs is 1. The molecule has 3 aromatic heterocycles. The normalized spacial score (nSPS) is 11.0. The topological polar surface area (TPSA) is 106 Å². The summed E-state index contributed by atoms with van der Waals surface area (Å²) in [7, 11) is 0. The number of nitrogens with one attached hydrogen (secondary N) is 2. The van der Waals surface area contributed by atoms with Gasteiger partial charge in [-0.2, -0.15) is 5.10 Å². The van der Waals surface area contributed by atoms with Crippen LogP contribution in [0.2, 0.25) is 0 Å². The summed E-state index contributed by atoms with van der Waals surface area (Å²) in [4.78, 5) is 33.9. The van der Waals surface area contributed by atoms with Crippen LogP contribution in [0.15, 0.2) is 46.8 Å². The van der Waals surface area contributed by atoms with Crippen LogP contribution in [0.25, 0.3) is 21.6 Å². The van der Waals surface area contributed by atoms with E-state index in [0.29, 0.717) is 21.7 Å². The second kappa shape index (κ2) is 7.12. The molecule has 136 valence electrons. The fraction of sp³-hybridized carbons (Fsp3) is 0.167. The number of aromatic amines is 1. The van der Waals surface area contributed by atoms with E-state index < -0.39 is 0 Å². The van der Waals surface area contributed by atoms with Crippen molar-refractivity contribution in [2.45, 2.75) is 19.9 Å². The van der Waals surface area contributed by atoms with Gasteiger partial charge in [-0.1, -0.05) is 12.1 Å². The molecule has 0 spiro atoms. The van der Waals surface area contributed by atoms with Crippen LogP contribution in [-0.4, -0.2) is 30.6 Å². The van der Waals surface area contributed by atoms with E-state index >= 15 is 0 Å². The fourth-order valence-electron chi connectivity index (χ4n) is 2.71. The maximum atomic E-state index is 12.3. The molecule has 0 saturated carbocycles. The number of aryl methyl sites for hydroxylation is 2. The van der Waals surface area contributed by atoms with Gasteiger partial charge in [-0.15, -0.1) is 11.3 Å². The summed E-state index contributed by atoms with van der Waals surface area (Å²) in [6.45, 7) is 2.09. The van der Waals surface area contributed by atoms with E-state index in [1.54, 1.807) is 12.1 Å². The summed E-state index contributed by atoms with van der Waals surface area (Å²) in [5.74, 6) is 1.11. The molecule has 4 rings (SSSR count). The number of amides is 1. The molecular formula is C18H16N6O2S. The van der Waals surface area contributed by atoms with Gasteiger partial charge in [0.2, 0.25) is 5.91 Å². The molecule has 4 aromatic rings. The number of aromatic nitrogens is 5. The van der Waals surface area contributed by atoms with E-state index in [1.807, 2.05) is 30.5 Å². The zero-order chi connectivity index (χ0) is 18.8. The summed E-state index contributed by atoms with van der Waals surface area (Å²) >= 11 is 1.42. The number of carbonyl (C=O) groups excluding carboxylic acids is 1. The van der Waals surface area contributed by atoms with Gasteiger partial charge in [-0.3, -0.25) is 19.3 Å². The summed E-state index contributed by atoms with van der Waals surface area (Å²) in [5.41, 5.74) is 1.33. The minimum Gasteiger partial charge on any atom is -0.326 e. The second-order valence-electron chi connectivity index (χ2n) is 6.01. The van der Waals surface area contributed by atoms with Crippen molar-refractivity contribution in [3.05, 3.63) is 58.2 Å². The Morgan fingerprint density at radius 1 is 1.33 bits per heavy atom. The van der Waals surface area contributed by atoms with Crippen LogP contribution in [0.1, 0.15) is 12.2 Å². The maximum Gasteiger partial charge on any atom is 0.262 e. The lowest BCUT2D eigenvalue weighted by Gasteiger charge is -2.08. The first kappa shape index (κ1) is 17.1. The van der Waals surface area contributed by atoms with Gasteiger partial charge in [-0.25, -0.2) is 9.97 Å². The third-order valence-electron chi connectivity index (χ3n) is 4.03. The van der Waals surface area contributed by atoms with E-state index in [-0.39, 0.29) is 24.4 Å². The van der Waals surface area contributed by atoms with Crippen LogP contribution in [0.3, 0.4) is 0 Å². The second-order valence-corrected chi connectivity index (χ2v) is 6.90. The molecule has 3 heterocycles. The van der Waals surface area contributed by atoms with Crippen LogP contribution in [0.5, 0.6) is 0 Å². The monoisotopic (exact) mass is 380 g/mol. The highest BCUT2D eigenvalue weighted by Crippen LogP contribution is 2.19. The Labute approximate surface area is 157 Å². The van der Waals surface area contributed by atoms with Crippen LogP contribution in [0.4, 0.5) is 5.69 Å². The Morgan fingerprint density at radius 3 is 3.04 bits per heavy atom. The molecule has 0 saturated heterocycles. The third-order valence-corrected chi connectivity index (χ3v) is 4.85. The lowest BCUT2D eigenvalue weighted by Crippen LogP contribution is -2.23. The molecule has 27 heavy (non-hydrogen) atoms. The molecular weight excluding hydrogens is 364 g/mol. The molecule has 0 radical (unpaired) electrons. The van der Waals surface area contributed by atoms with E-state index in [1.165, 1.54) is 22.2 Å². The van der Waals surface area contributed by atoms with Crippen molar-refractivity contribution in [3.8, 4) is 11.4 Å². The molecule has 0 aliphatic carbocycles. The Morgan fingerprint density at radius 2 is 2.22 bits per heavy atom. The average molecular weight is 380 g/mol. The van der Waals surface area contributed by atoms with E-state index in [0.717, 1.165) is 11.4 Å². The number of hydrogen-bond donors (Lipinski definition) is 2. The Bertz CT molecular complexity index is 1180. The fourth-order valence-corrected chi connectivity index (χ4v) is 3.43. The molecule has 0 unspecified atom stereocenters. The van der Waals surface area contributed by atoms with Crippen LogP contribution < -0.4 is 10.9 Å². The molecule has 0 atom stereocenters. The van der Waals surface area contributed by atoms with Gasteiger partial charge in [-0.05, 0) is 30.5 Å². The molecule has 0 aliphatic rings. The first-order chi connectivity index (χ1) is 13.1. The third kappa shape index (κ3) is 3.63. The Balaban J connectivity index is 1.43. The van der Waals surface area contributed by atoms with E-state index in [2.05, 4.69) is 25.5 Å². The van der Waals surface area contributed by atoms with Gasteiger partial charge in [0.05, 0.1) is 11.7 Å². The first-order valence-corrected chi connectivity index (χ1v) is 9.20. The minimum atomic E-state index is -0.185. The number of nitrogens with zero attached hydrogens (tertiary/aromatic N) is 4. The van der Waals surface area contributed by atoms with Gasteiger partial charge in [0.1, 0.15) is 10.7 Å². The molecule has 0 aliphatic heterocycles. The first-order valence-electron chi connectivity index (χ1n) is 8.32. The minimum absolute atomic E-state index is 0.129. The Kier molecular flexibility index (Phi) is 4.51. The predicted octanol–water partition coefficient (Wildman–Crippen LogP) is 2.58. The highest BCUT2D eigenvalue weighted by Gasteiger charge is 2.09. The van der Waals surface area contributed by atoms with Gasteiger partial charge < -0.3 is 5.32 Å². The maximum absolute atomic E-state index is 12.3. The zero-order valence-electron chi connectivity index (χ0n) is 14.5. The zero-order valence-corrected chi connectivity index (χ0v) is 15.3. The quantitative estimate of drug-likeness (QED) is 0.554.